The lowest BCUT2D eigenvalue weighted by Crippen LogP contribution is -2.45. The molecule has 2 atom stereocenters. The Morgan fingerprint density at radius 1 is 1.54 bits per heavy atom. The summed E-state index contributed by atoms with van der Waals surface area (Å²) in [4.78, 5) is 10.5. The van der Waals surface area contributed by atoms with Crippen molar-refractivity contribution >= 4 is 15.4 Å². The van der Waals surface area contributed by atoms with Gasteiger partial charge in [0.25, 0.3) is 0 Å². The maximum atomic E-state index is 10.5. The number of carbonyl (C=O) groups is 1. The van der Waals surface area contributed by atoms with E-state index in [0.29, 0.717) is 19.4 Å². The van der Waals surface area contributed by atoms with Gasteiger partial charge in [-0.3, -0.25) is 15.2 Å². The number of hydrogen-bond acceptors (Lipinski definition) is 5. The Morgan fingerprint density at radius 3 is 2.54 bits per heavy atom. The van der Waals surface area contributed by atoms with E-state index in [1.54, 1.807) is 0 Å². The van der Waals surface area contributed by atoms with Gasteiger partial charge in [-0.1, -0.05) is 9.39 Å². The van der Waals surface area contributed by atoms with Crippen molar-refractivity contribution in [3.8, 4) is 0 Å². The molecule has 0 saturated carbocycles. The highest BCUT2D eigenvalue weighted by Crippen LogP contribution is 1.98. The first kappa shape index (κ1) is 12.7. The second-order valence-electron chi connectivity index (χ2n) is 2.68. The van der Waals surface area contributed by atoms with E-state index in [0.717, 1.165) is 0 Å². The minimum Gasteiger partial charge on any atom is -0.480 e. The molecule has 0 saturated heterocycles. The molecule has 0 aromatic rings. The van der Waals surface area contributed by atoms with Crippen molar-refractivity contribution in [3.05, 3.63) is 0 Å². The normalized spacial score (nSPS) is 13.2. The van der Waals surface area contributed by atoms with Crippen LogP contribution in [0.5, 0.6) is 0 Å². The zero-order valence-electron chi connectivity index (χ0n) is 7.36. The van der Waals surface area contributed by atoms with E-state index in [2.05, 4.69) is 19.8 Å². The molecule has 78 valence electrons. The molecule has 0 bridgehead atoms. The molecule has 7 N–H and O–H groups in total. The molecule has 7 heteroatoms. The molecule has 1 unspecified atom stereocenters. The zero-order chi connectivity index (χ0) is 10.3. The van der Waals surface area contributed by atoms with Crippen LogP contribution in [0.2, 0.25) is 0 Å². The van der Waals surface area contributed by atoms with E-state index in [1.807, 2.05) is 0 Å². The fraction of sp³-hybridized carbons (Fsp3) is 0.833. The van der Waals surface area contributed by atoms with E-state index < -0.39 is 18.3 Å². The van der Waals surface area contributed by atoms with Crippen LogP contribution in [0.4, 0.5) is 0 Å². The standard InChI is InChI=1S/C6H17N4O2P/c7-6(8)9-3-1-2-4(10-13)5(11)12/h4,6,9-10H,1-3,7-8,13H2,(H,11,12)/t4-/m0/s1. The van der Waals surface area contributed by atoms with Gasteiger partial charge in [0.05, 0.1) is 0 Å². The van der Waals surface area contributed by atoms with E-state index in [1.165, 1.54) is 0 Å². The Morgan fingerprint density at radius 2 is 2.15 bits per heavy atom. The topological polar surface area (TPSA) is 113 Å². The van der Waals surface area contributed by atoms with Gasteiger partial charge in [-0.2, -0.15) is 0 Å². The third kappa shape index (κ3) is 6.86. The van der Waals surface area contributed by atoms with Crippen molar-refractivity contribution in [2.45, 2.75) is 25.2 Å². The molecule has 6 nitrogen and oxygen atoms in total. The van der Waals surface area contributed by atoms with Crippen LogP contribution in [-0.2, 0) is 4.79 Å². The highest BCUT2D eigenvalue weighted by Gasteiger charge is 2.13. The van der Waals surface area contributed by atoms with Crippen LogP contribution in [-0.4, -0.2) is 30.0 Å². The van der Waals surface area contributed by atoms with Crippen molar-refractivity contribution in [1.29, 1.82) is 0 Å². The van der Waals surface area contributed by atoms with Gasteiger partial charge in [0.2, 0.25) is 0 Å². The second-order valence-corrected chi connectivity index (χ2v) is 3.01. The van der Waals surface area contributed by atoms with Crippen LogP contribution >= 0.6 is 9.39 Å². The summed E-state index contributed by atoms with van der Waals surface area (Å²) in [6, 6.07) is -0.527. The average Bonchev–Trinajstić information content (AvgIpc) is 2.03. The summed E-state index contributed by atoms with van der Waals surface area (Å²) in [5.41, 5.74) is 10.5. The van der Waals surface area contributed by atoms with E-state index in [4.69, 9.17) is 16.6 Å². The van der Waals surface area contributed by atoms with Crippen LogP contribution in [0.25, 0.3) is 0 Å². The Bertz CT molecular complexity index is 156. The monoisotopic (exact) mass is 208 g/mol. The van der Waals surface area contributed by atoms with Crippen LogP contribution in [0.15, 0.2) is 0 Å². The lowest BCUT2D eigenvalue weighted by molar-refractivity contribution is -0.139. The summed E-state index contributed by atoms with van der Waals surface area (Å²) in [5.74, 6) is -0.855. The molecule has 0 radical (unpaired) electrons. The Hall–Kier alpha value is -0.260. The molecule has 0 aromatic heterocycles. The molecule has 0 heterocycles. The van der Waals surface area contributed by atoms with E-state index in [9.17, 15) is 4.79 Å². The summed E-state index contributed by atoms with van der Waals surface area (Å²) < 4.78 is 0. The third-order valence-corrected chi connectivity index (χ3v) is 1.95. The molecular weight excluding hydrogens is 191 g/mol. The van der Waals surface area contributed by atoms with Crippen molar-refractivity contribution in [1.82, 2.24) is 10.4 Å². The number of carboxylic acid groups (broad SMARTS) is 1. The first-order valence-electron chi connectivity index (χ1n) is 4.01. The summed E-state index contributed by atoms with van der Waals surface area (Å²) in [5, 5.41) is 14.0. The number of carboxylic acids is 1. The smallest absolute Gasteiger partial charge is 0.320 e. The number of nitrogens with two attached hydrogens (primary N) is 2. The van der Waals surface area contributed by atoms with Crippen molar-refractivity contribution < 1.29 is 9.90 Å². The first-order valence-corrected chi connectivity index (χ1v) is 4.59. The molecular formula is C6H17N4O2P. The predicted octanol–water partition coefficient (Wildman–Crippen LogP) is -1.61. The van der Waals surface area contributed by atoms with E-state index in [-0.39, 0.29) is 0 Å². The van der Waals surface area contributed by atoms with Crippen LogP contribution < -0.4 is 21.9 Å². The molecule has 0 rings (SSSR count). The van der Waals surface area contributed by atoms with Crippen molar-refractivity contribution in [2.75, 3.05) is 6.54 Å². The van der Waals surface area contributed by atoms with Crippen molar-refractivity contribution in [3.63, 3.8) is 0 Å². The minimum atomic E-state index is -0.855. The summed E-state index contributed by atoms with van der Waals surface area (Å²) >= 11 is 0. The molecule has 0 aliphatic carbocycles. The number of aliphatic carboxylic acids is 1. The number of nitrogens with one attached hydrogen (secondary N) is 2. The highest BCUT2D eigenvalue weighted by molar-refractivity contribution is 7.13. The molecule has 0 aliphatic rings. The quantitative estimate of drug-likeness (QED) is 0.195. The highest BCUT2D eigenvalue weighted by atomic mass is 31.0. The van der Waals surface area contributed by atoms with Gasteiger partial charge in [0.1, 0.15) is 12.3 Å². The number of rotatable bonds is 7. The summed E-state index contributed by atoms with van der Waals surface area (Å²) in [7, 11) is 2.19. The Balaban J connectivity index is 3.44. The van der Waals surface area contributed by atoms with Gasteiger partial charge in [-0.25, -0.2) is 0 Å². The lowest BCUT2D eigenvalue weighted by Gasteiger charge is -2.11. The van der Waals surface area contributed by atoms with Crippen molar-refractivity contribution in [2.24, 2.45) is 11.5 Å². The van der Waals surface area contributed by atoms with E-state index >= 15 is 0 Å². The van der Waals surface area contributed by atoms with Gasteiger partial charge in [-0.15, -0.1) is 0 Å². The molecule has 0 amide bonds. The molecule has 0 aromatic carbocycles. The summed E-state index contributed by atoms with van der Waals surface area (Å²) in [6.07, 6.45) is 0.717. The first-order chi connectivity index (χ1) is 6.07. The van der Waals surface area contributed by atoms with Crippen LogP contribution in [0, 0.1) is 0 Å². The van der Waals surface area contributed by atoms with Gasteiger partial charge in [0.15, 0.2) is 0 Å². The van der Waals surface area contributed by atoms with Gasteiger partial charge >= 0.3 is 5.97 Å². The molecule has 0 aliphatic heterocycles. The molecule has 0 fully saturated rings. The average molecular weight is 208 g/mol. The summed E-state index contributed by atoms with van der Waals surface area (Å²) in [6.45, 7) is 0.619. The largest absolute Gasteiger partial charge is 0.480 e. The lowest BCUT2D eigenvalue weighted by atomic mass is 10.2. The Labute approximate surface area is 79.7 Å². The van der Waals surface area contributed by atoms with Gasteiger partial charge in [-0.05, 0) is 19.4 Å². The Kier molecular flexibility index (Phi) is 7.03. The third-order valence-electron chi connectivity index (χ3n) is 1.55. The predicted molar refractivity (Wildman–Crippen MR) is 53.7 cm³/mol. The zero-order valence-corrected chi connectivity index (χ0v) is 8.52. The number of hydrogen-bond donors (Lipinski definition) is 5. The second kappa shape index (κ2) is 7.17. The van der Waals surface area contributed by atoms with Gasteiger partial charge < -0.3 is 16.6 Å². The molecule has 0 spiro atoms. The van der Waals surface area contributed by atoms with Crippen LogP contribution in [0.1, 0.15) is 12.8 Å². The SMILES string of the molecule is NC(N)NCCC[C@H](NP)C(=O)O. The fourth-order valence-corrected chi connectivity index (χ4v) is 1.16. The van der Waals surface area contributed by atoms with Gasteiger partial charge in [0, 0.05) is 0 Å². The maximum absolute atomic E-state index is 10.5. The van der Waals surface area contributed by atoms with Crippen LogP contribution in [0.3, 0.4) is 0 Å². The molecule has 13 heavy (non-hydrogen) atoms. The maximum Gasteiger partial charge on any atom is 0.320 e. The fourth-order valence-electron chi connectivity index (χ4n) is 0.853. The minimum absolute atomic E-state index is 0.527.